The van der Waals surface area contributed by atoms with Gasteiger partial charge in [-0.2, -0.15) is 5.10 Å². The molecule has 0 aliphatic carbocycles. The summed E-state index contributed by atoms with van der Waals surface area (Å²) in [4.78, 5) is 17.6. The maximum absolute atomic E-state index is 14.9. The summed E-state index contributed by atoms with van der Waals surface area (Å²) in [6.45, 7) is 4.32. The number of hydrogen-bond acceptors (Lipinski definition) is 7. The number of carbonyl (C=O) groups excluding carboxylic acids is 1. The van der Waals surface area contributed by atoms with Gasteiger partial charge in [-0.15, -0.1) is 5.10 Å². The molecule has 166 valence electrons. The highest BCUT2D eigenvalue weighted by Gasteiger charge is 2.33. The minimum Gasteiger partial charge on any atom is -0.442 e. The zero-order chi connectivity index (χ0) is 22.7. The Bertz CT molecular complexity index is 1090. The van der Waals surface area contributed by atoms with Crippen molar-refractivity contribution in [2.24, 2.45) is 5.10 Å². The molecule has 0 saturated carbocycles. The number of rotatable bonds is 7. The predicted octanol–water partition coefficient (Wildman–Crippen LogP) is 2.98. The molecule has 1 atom stereocenters. The van der Waals surface area contributed by atoms with E-state index in [4.69, 9.17) is 4.74 Å². The monoisotopic (exact) mass is 441 g/mol. The number of carbonyl (C=O) groups is 1. The van der Waals surface area contributed by atoms with Crippen molar-refractivity contribution in [2.45, 2.75) is 32.5 Å². The van der Waals surface area contributed by atoms with Crippen molar-refractivity contribution >= 4 is 18.0 Å². The van der Waals surface area contributed by atoms with E-state index in [1.165, 1.54) is 28.2 Å². The zero-order valence-electron chi connectivity index (χ0n) is 17.4. The van der Waals surface area contributed by atoms with Gasteiger partial charge in [-0.25, -0.2) is 18.3 Å². The first-order valence-corrected chi connectivity index (χ1v) is 9.97. The van der Waals surface area contributed by atoms with E-state index in [1.807, 2.05) is 13.8 Å². The normalized spacial score (nSPS) is 16.2. The number of hydrazone groups is 1. The number of aromatic nitrogens is 4. The molecule has 0 bridgehead atoms. The fraction of sp³-hybridized carbons (Fsp3) is 0.286. The van der Waals surface area contributed by atoms with Crippen molar-refractivity contribution in [3.8, 4) is 11.1 Å². The van der Waals surface area contributed by atoms with Crippen LogP contribution in [0.25, 0.3) is 11.1 Å². The number of ether oxygens (including phenoxy) is 1. The van der Waals surface area contributed by atoms with E-state index in [0.717, 1.165) is 12.1 Å². The second-order valence-electron chi connectivity index (χ2n) is 7.54. The molecule has 0 radical (unpaired) electrons. The number of halogens is 2. The number of hydrogen-bond donors (Lipinski definition) is 1. The minimum atomic E-state index is -0.808. The topological polar surface area (TPSA) is 97.5 Å². The lowest BCUT2D eigenvalue weighted by Crippen LogP contribution is -2.26. The van der Waals surface area contributed by atoms with E-state index in [0.29, 0.717) is 12.2 Å². The summed E-state index contributed by atoms with van der Waals surface area (Å²) in [5.74, 6) is -1.62. The number of cyclic esters (lactones) is 1. The van der Waals surface area contributed by atoms with Crippen LogP contribution in [-0.4, -0.2) is 51.0 Å². The molecule has 1 aliphatic heterocycles. The number of nitrogens with zero attached hydrogens (tertiary/aromatic N) is 6. The van der Waals surface area contributed by atoms with Crippen molar-refractivity contribution in [3.63, 3.8) is 0 Å². The third-order valence-electron chi connectivity index (χ3n) is 4.68. The summed E-state index contributed by atoms with van der Waals surface area (Å²) in [5.41, 5.74) is 3.53. The predicted molar refractivity (Wildman–Crippen MR) is 113 cm³/mol. The van der Waals surface area contributed by atoms with Gasteiger partial charge in [-0.3, -0.25) is 9.88 Å². The van der Waals surface area contributed by atoms with Crippen LogP contribution >= 0.6 is 0 Å². The van der Waals surface area contributed by atoms with Gasteiger partial charge < -0.3 is 10.2 Å². The third kappa shape index (κ3) is 4.71. The van der Waals surface area contributed by atoms with Crippen LogP contribution in [0.3, 0.4) is 0 Å². The second kappa shape index (κ2) is 9.08. The van der Waals surface area contributed by atoms with Crippen LogP contribution in [-0.2, 0) is 11.3 Å². The molecule has 3 aromatic rings. The number of nitrogens with one attached hydrogen (secondary N) is 1. The highest BCUT2D eigenvalue weighted by Crippen LogP contribution is 2.31. The highest BCUT2D eigenvalue weighted by molar-refractivity contribution is 5.90. The van der Waals surface area contributed by atoms with Gasteiger partial charge in [0.1, 0.15) is 17.7 Å². The van der Waals surface area contributed by atoms with Crippen molar-refractivity contribution in [3.05, 3.63) is 60.2 Å². The maximum Gasteiger partial charge on any atom is 0.414 e. The lowest BCUT2D eigenvalue weighted by atomic mass is 10.0. The average Bonchev–Trinajstić information content (AvgIpc) is 3.38. The molecular formula is C21H21F2N7O2. The molecule has 2 aromatic heterocycles. The Morgan fingerprint density at radius 3 is 2.72 bits per heavy atom. The van der Waals surface area contributed by atoms with Crippen LogP contribution in [0.5, 0.6) is 0 Å². The van der Waals surface area contributed by atoms with E-state index in [9.17, 15) is 13.6 Å². The zero-order valence-corrected chi connectivity index (χ0v) is 17.4. The fourth-order valence-electron chi connectivity index (χ4n) is 3.24. The second-order valence-corrected chi connectivity index (χ2v) is 7.54. The number of anilines is 1. The molecule has 9 nitrogen and oxygen atoms in total. The molecule has 0 spiro atoms. The molecular weight excluding hydrogens is 420 g/mol. The van der Waals surface area contributed by atoms with Crippen molar-refractivity contribution in [2.75, 3.05) is 11.4 Å². The molecule has 1 fully saturated rings. The quantitative estimate of drug-likeness (QED) is 0.447. The summed E-state index contributed by atoms with van der Waals surface area (Å²) in [6.07, 6.45) is 4.84. The van der Waals surface area contributed by atoms with Gasteiger partial charge in [0, 0.05) is 24.0 Å². The summed E-state index contributed by atoms with van der Waals surface area (Å²) in [6, 6.07) is 5.57. The first kappa shape index (κ1) is 21.3. The summed E-state index contributed by atoms with van der Waals surface area (Å²) >= 11 is 0. The summed E-state index contributed by atoms with van der Waals surface area (Å²) in [7, 11) is 0. The van der Waals surface area contributed by atoms with Gasteiger partial charge >= 0.3 is 6.09 Å². The first-order chi connectivity index (χ1) is 15.4. The Morgan fingerprint density at radius 2 is 2.09 bits per heavy atom. The highest BCUT2D eigenvalue weighted by atomic mass is 19.1. The molecule has 3 heterocycles. The standard InChI is InChI=1S/C21H21F2N7O2/c1-13(2)27-26-10-15-4-3-14(9-24-15)20-18(22)7-16(8-19(20)23)30-12-17(32-21(30)31)11-29-6-5-25-28-29/h3-10,13,17,27H,11-12H2,1-2H3/b26-10+/t17-/m0/s1. The Morgan fingerprint density at radius 1 is 1.31 bits per heavy atom. The van der Waals surface area contributed by atoms with E-state index in [2.05, 4.69) is 25.8 Å². The van der Waals surface area contributed by atoms with Crippen LogP contribution in [0, 0.1) is 11.6 Å². The number of pyridine rings is 1. The summed E-state index contributed by atoms with van der Waals surface area (Å²) in [5, 5.41) is 11.5. The summed E-state index contributed by atoms with van der Waals surface area (Å²) < 4.78 is 36.5. The Hall–Kier alpha value is -3.89. The first-order valence-electron chi connectivity index (χ1n) is 9.97. The van der Waals surface area contributed by atoms with Crippen molar-refractivity contribution < 1.29 is 18.3 Å². The van der Waals surface area contributed by atoms with Gasteiger partial charge in [-0.05, 0) is 32.0 Å². The molecule has 32 heavy (non-hydrogen) atoms. The van der Waals surface area contributed by atoms with E-state index in [1.54, 1.807) is 18.3 Å². The molecule has 4 rings (SSSR count). The number of amides is 1. The molecule has 1 saturated heterocycles. The molecule has 1 N–H and O–H groups in total. The van der Waals surface area contributed by atoms with Gasteiger partial charge in [0.05, 0.1) is 42.4 Å². The van der Waals surface area contributed by atoms with E-state index >= 15 is 0 Å². The van der Waals surface area contributed by atoms with Gasteiger partial charge in [0.15, 0.2) is 0 Å². The Balaban J connectivity index is 1.51. The molecule has 0 unspecified atom stereocenters. The molecule has 11 heteroatoms. The van der Waals surface area contributed by atoms with Crippen molar-refractivity contribution in [1.82, 2.24) is 25.4 Å². The van der Waals surface area contributed by atoms with Crippen molar-refractivity contribution in [1.29, 1.82) is 0 Å². The largest absolute Gasteiger partial charge is 0.442 e. The van der Waals surface area contributed by atoms with Crippen LogP contribution in [0.4, 0.5) is 19.3 Å². The van der Waals surface area contributed by atoms with Crippen LogP contribution < -0.4 is 10.3 Å². The van der Waals surface area contributed by atoms with Gasteiger partial charge in [-0.1, -0.05) is 11.3 Å². The van der Waals surface area contributed by atoms with Crippen LogP contribution in [0.15, 0.2) is 48.0 Å². The third-order valence-corrected chi connectivity index (χ3v) is 4.68. The van der Waals surface area contributed by atoms with Crippen LogP contribution in [0.1, 0.15) is 19.5 Å². The molecule has 1 amide bonds. The molecule has 1 aliphatic rings. The Labute approximate surface area is 182 Å². The maximum atomic E-state index is 14.9. The fourth-order valence-corrected chi connectivity index (χ4v) is 3.24. The minimum absolute atomic E-state index is 0.0753. The van der Waals surface area contributed by atoms with Gasteiger partial charge in [0.2, 0.25) is 0 Å². The lowest BCUT2D eigenvalue weighted by Gasteiger charge is -2.15. The average molecular weight is 441 g/mol. The van der Waals surface area contributed by atoms with Crippen LogP contribution in [0.2, 0.25) is 0 Å². The van der Waals surface area contributed by atoms with E-state index < -0.39 is 23.8 Å². The smallest absolute Gasteiger partial charge is 0.414 e. The number of benzene rings is 1. The SMILES string of the molecule is CC(C)N/N=C/c1ccc(-c2c(F)cc(N3C[C@H](Cn4ccnn4)OC3=O)cc2F)cn1. The molecule has 1 aromatic carbocycles. The lowest BCUT2D eigenvalue weighted by molar-refractivity contribution is 0.129. The Kier molecular flexibility index (Phi) is 6.06. The van der Waals surface area contributed by atoms with Gasteiger partial charge in [0.25, 0.3) is 0 Å². The van der Waals surface area contributed by atoms with E-state index in [-0.39, 0.29) is 29.4 Å².